The third kappa shape index (κ3) is 3.04. The molecular formula is C17H22N2O2. The molecule has 0 aliphatic heterocycles. The molecule has 2 N–H and O–H groups in total. The lowest BCUT2D eigenvalue weighted by Gasteiger charge is -2.26. The molecular weight excluding hydrogens is 264 g/mol. The Kier molecular flexibility index (Phi) is 3.40. The van der Waals surface area contributed by atoms with Crippen LogP contribution in [0.15, 0.2) is 24.3 Å². The van der Waals surface area contributed by atoms with E-state index in [1.54, 1.807) is 0 Å². The first-order valence-corrected chi connectivity index (χ1v) is 7.50. The highest BCUT2D eigenvalue weighted by Gasteiger charge is 2.25. The molecule has 2 aromatic rings. The molecule has 4 nitrogen and oxygen atoms in total. The number of aryl methyl sites for hydroxylation is 1. The molecule has 0 fully saturated rings. The van der Waals surface area contributed by atoms with E-state index < -0.39 is 5.60 Å². The predicted octanol–water partition coefficient (Wildman–Crippen LogP) is 3.55. The van der Waals surface area contributed by atoms with E-state index in [0.29, 0.717) is 0 Å². The highest BCUT2D eigenvalue weighted by atomic mass is 16.6. The number of amides is 1. The molecule has 21 heavy (non-hydrogen) atoms. The lowest BCUT2D eigenvalue weighted by molar-refractivity contribution is 0.0500. The predicted molar refractivity (Wildman–Crippen MR) is 83.5 cm³/mol. The molecule has 1 amide bonds. The molecule has 0 radical (unpaired) electrons. The Labute approximate surface area is 124 Å². The van der Waals surface area contributed by atoms with Gasteiger partial charge in [-0.3, -0.25) is 0 Å². The van der Waals surface area contributed by atoms with Crippen LogP contribution in [0.4, 0.5) is 4.79 Å². The van der Waals surface area contributed by atoms with Crippen LogP contribution in [0.3, 0.4) is 0 Å². The number of hydrogen-bond acceptors (Lipinski definition) is 2. The molecule has 0 spiro atoms. The van der Waals surface area contributed by atoms with Gasteiger partial charge in [-0.25, -0.2) is 4.79 Å². The largest absolute Gasteiger partial charge is 0.444 e. The number of aromatic amines is 1. The van der Waals surface area contributed by atoms with Crippen molar-refractivity contribution in [3.8, 4) is 0 Å². The molecule has 112 valence electrons. The van der Waals surface area contributed by atoms with Gasteiger partial charge < -0.3 is 15.0 Å². The Hall–Kier alpha value is -1.97. The summed E-state index contributed by atoms with van der Waals surface area (Å²) in [5.74, 6) is 0. The summed E-state index contributed by atoms with van der Waals surface area (Å²) in [6.07, 6.45) is 2.45. The Morgan fingerprint density at radius 1 is 1.33 bits per heavy atom. The first kappa shape index (κ1) is 14.0. The Balaban J connectivity index is 1.71. The van der Waals surface area contributed by atoms with Gasteiger partial charge in [0, 0.05) is 29.1 Å². The fraction of sp³-hybridized carbons (Fsp3) is 0.471. The summed E-state index contributed by atoms with van der Waals surface area (Å²) in [5.41, 5.74) is 3.36. The van der Waals surface area contributed by atoms with Gasteiger partial charge in [0.25, 0.3) is 0 Å². The average Bonchev–Trinajstić information content (AvgIpc) is 2.73. The summed E-state index contributed by atoms with van der Waals surface area (Å²) in [4.78, 5) is 15.3. The number of H-pyrrole nitrogens is 1. The normalized spacial score (nSPS) is 18.3. The number of hydrogen-bond donors (Lipinski definition) is 2. The van der Waals surface area contributed by atoms with Gasteiger partial charge in [0.2, 0.25) is 0 Å². The zero-order valence-corrected chi connectivity index (χ0v) is 12.8. The quantitative estimate of drug-likeness (QED) is 0.842. The molecule has 4 heteroatoms. The zero-order chi connectivity index (χ0) is 15.0. The van der Waals surface area contributed by atoms with E-state index in [1.165, 1.54) is 22.2 Å². The second-order valence-electron chi connectivity index (χ2n) is 6.71. The molecule has 1 heterocycles. The molecule has 3 rings (SSSR count). The van der Waals surface area contributed by atoms with Crippen molar-refractivity contribution in [2.75, 3.05) is 0 Å². The minimum Gasteiger partial charge on any atom is -0.444 e. The van der Waals surface area contributed by atoms with Crippen molar-refractivity contribution >= 4 is 17.0 Å². The van der Waals surface area contributed by atoms with E-state index in [0.717, 1.165) is 19.3 Å². The van der Waals surface area contributed by atoms with Crippen molar-refractivity contribution in [2.24, 2.45) is 0 Å². The van der Waals surface area contributed by atoms with Crippen LogP contribution in [0.25, 0.3) is 10.9 Å². The minimum atomic E-state index is -0.453. The number of nitrogens with one attached hydrogen (secondary N) is 2. The van der Waals surface area contributed by atoms with Crippen LogP contribution in [0.2, 0.25) is 0 Å². The van der Waals surface area contributed by atoms with Crippen molar-refractivity contribution in [2.45, 2.75) is 51.7 Å². The zero-order valence-electron chi connectivity index (χ0n) is 12.8. The molecule has 1 aliphatic carbocycles. The summed E-state index contributed by atoms with van der Waals surface area (Å²) in [5, 5.41) is 4.29. The maximum atomic E-state index is 11.9. The molecule has 0 saturated carbocycles. The highest BCUT2D eigenvalue weighted by Crippen LogP contribution is 2.29. The highest BCUT2D eigenvalue weighted by molar-refractivity contribution is 5.85. The van der Waals surface area contributed by atoms with Gasteiger partial charge in [-0.1, -0.05) is 18.2 Å². The summed E-state index contributed by atoms with van der Waals surface area (Å²) >= 11 is 0. The van der Waals surface area contributed by atoms with Crippen LogP contribution < -0.4 is 5.32 Å². The number of aromatic nitrogens is 1. The SMILES string of the molecule is CC(C)(C)OC(=O)N[C@@H]1CCc2c([nH]c3ccccc23)C1. The number of carbonyl (C=O) groups is 1. The summed E-state index contributed by atoms with van der Waals surface area (Å²) in [6, 6.07) is 8.51. The topological polar surface area (TPSA) is 54.1 Å². The number of benzene rings is 1. The van der Waals surface area contributed by atoms with Crippen LogP contribution in [-0.4, -0.2) is 22.7 Å². The molecule has 1 atom stereocenters. The van der Waals surface area contributed by atoms with Gasteiger partial charge in [0.1, 0.15) is 5.60 Å². The lowest BCUT2D eigenvalue weighted by Crippen LogP contribution is -2.41. The van der Waals surface area contributed by atoms with Crippen LogP contribution in [0.5, 0.6) is 0 Å². The number of alkyl carbamates (subject to hydrolysis) is 1. The number of ether oxygens (including phenoxy) is 1. The minimum absolute atomic E-state index is 0.139. The van der Waals surface area contributed by atoms with Crippen LogP contribution in [0, 0.1) is 0 Å². The van der Waals surface area contributed by atoms with Gasteiger partial charge in [0.15, 0.2) is 0 Å². The molecule has 1 aromatic heterocycles. The van der Waals surface area contributed by atoms with E-state index >= 15 is 0 Å². The first-order chi connectivity index (χ1) is 9.92. The van der Waals surface area contributed by atoms with Gasteiger partial charge in [0.05, 0.1) is 0 Å². The van der Waals surface area contributed by atoms with Gasteiger partial charge in [-0.2, -0.15) is 0 Å². The summed E-state index contributed by atoms with van der Waals surface area (Å²) in [7, 11) is 0. The monoisotopic (exact) mass is 286 g/mol. The van der Waals surface area contributed by atoms with E-state index in [2.05, 4.69) is 28.5 Å². The van der Waals surface area contributed by atoms with Crippen LogP contribution >= 0.6 is 0 Å². The van der Waals surface area contributed by atoms with E-state index in [1.807, 2.05) is 26.8 Å². The fourth-order valence-electron chi connectivity index (χ4n) is 2.98. The van der Waals surface area contributed by atoms with Crippen molar-refractivity contribution in [3.05, 3.63) is 35.5 Å². The maximum Gasteiger partial charge on any atom is 0.407 e. The Morgan fingerprint density at radius 2 is 2.10 bits per heavy atom. The van der Waals surface area contributed by atoms with E-state index in [4.69, 9.17) is 4.74 Å². The van der Waals surface area contributed by atoms with E-state index in [-0.39, 0.29) is 12.1 Å². The Bertz CT molecular complexity index is 667. The lowest BCUT2D eigenvalue weighted by atomic mass is 9.92. The van der Waals surface area contributed by atoms with E-state index in [9.17, 15) is 4.79 Å². The molecule has 0 bridgehead atoms. The average molecular weight is 286 g/mol. The number of para-hydroxylation sites is 1. The fourth-order valence-corrected chi connectivity index (χ4v) is 2.98. The van der Waals surface area contributed by atoms with Gasteiger partial charge in [-0.15, -0.1) is 0 Å². The molecule has 0 saturated heterocycles. The summed E-state index contributed by atoms with van der Waals surface area (Å²) in [6.45, 7) is 5.63. The number of rotatable bonds is 1. The number of fused-ring (bicyclic) bond motifs is 3. The second-order valence-corrected chi connectivity index (χ2v) is 6.71. The van der Waals surface area contributed by atoms with Gasteiger partial charge >= 0.3 is 6.09 Å². The van der Waals surface area contributed by atoms with Crippen molar-refractivity contribution in [3.63, 3.8) is 0 Å². The van der Waals surface area contributed by atoms with Gasteiger partial charge in [-0.05, 0) is 45.2 Å². The van der Waals surface area contributed by atoms with Crippen molar-refractivity contribution in [1.82, 2.24) is 10.3 Å². The Morgan fingerprint density at radius 3 is 2.86 bits per heavy atom. The number of carbonyl (C=O) groups excluding carboxylic acids is 1. The van der Waals surface area contributed by atoms with Crippen molar-refractivity contribution < 1.29 is 9.53 Å². The van der Waals surface area contributed by atoms with Crippen LogP contribution in [0.1, 0.15) is 38.4 Å². The first-order valence-electron chi connectivity index (χ1n) is 7.50. The molecule has 0 unspecified atom stereocenters. The maximum absolute atomic E-state index is 11.9. The molecule has 1 aromatic carbocycles. The smallest absolute Gasteiger partial charge is 0.407 e. The van der Waals surface area contributed by atoms with Crippen LogP contribution in [-0.2, 0) is 17.6 Å². The standard InChI is InChI=1S/C17H22N2O2/c1-17(2,3)21-16(20)18-11-8-9-13-12-6-4-5-7-14(12)19-15(13)10-11/h4-7,11,19H,8-10H2,1-3H3,(H,18,20)/t11-/m1/s1. The third-order valence-corrected chi connectivity index (χ3v) is 3.82. The second kappa shape index (κ2) is 5.10. The third-order valence-electron chi connectivity index (χ3n) is 3.82. The van der Waals surface area contributed by atoms with Crippen molar-refractivity contribution in [1.29, 1.82) is 0 Å². The molecule has 1 aliphatic rings. The summed E-state index contributed by atoms with van der Waals surface area (Å²) < 4.78 is 5.33.